The van der Waals surface area contributed by atoms with E-state index in [0.717, 1.165) is 6.42 Å². The van der Waals surface area contributed by atoms with Crippen LogP contribution in [-0.2, 0) is 6.42 Å². The van der Waals surface area contributed by atoms with Gasteiger partial charge < -0.3 is 4.74 Å². The van der Waals surface area contributed by atoms with E-state index in [0.29, 0.717) is 12.2 Å². The number of rotatable bonds is 5. The third-order valence-corrected chi connectivity index (χ3v) is 2.00. The number of para-hydroxylation sites is 1. The van der Waals surface area contributed by atoms with Gasteiger partial charge in [-0.3, -0.25) is 10.1 Å². The number of nitro benzene ring substituents is 1. The summed E-state index contributed by atoms with van der Waals surface area (Å²) in [6.45, 7) is 2.35. The van der Waals surface area contributed by atoms with Gasteiger partial charge in [0.05, 0.1) is 24.0 Å². The van der Waals surface area contributed by atoms with Crippen LogP contribution < -0.4 is 4.74 Å². The Bertz CT molecular complexity index is 424. The summed E-state index contributed by atoms with van der Waals surface area (Å²) in [5, 5.41) is 19.5. The number of hydrogen-bond donors (Lipinski definition) is 0. The molecule has 16 heavy (non-hydrogen) atoms. The Labute approximate surface area is 93.4 Å². The summed E-state index contributed by atoms with van der Waals surface area (Å²) in [7, 11) is 0. The Morgan fingerprint density at radius 1 is 1.56 bits per heavy atom. The van der Waals surface area contributed by atoms with Crippen molar-refractivity contribution < 1.29 is 9.66 Å². The largest absolute Gasteiger partial charge is 0.487 e. The van der Waals surface area contributed by atoms with Crippen LogP contribution in [0.5, 0.6) is 5.75 Å². The molecule has 0 fully saturated rings. The van der Waals surface area contributed by atoms with E-state index in [2.05, 4.69) is 0 Å². The molecule has 5 heteroatoms. The highest BCUT2D eigenvalue weighted by Crippen LogP contribution is 2.31. The summed E-state index contributed by atoms with van der Waals surface area (Å²) in [4.78, 5) is 10.4. The second-order valence-corrected chi connectivity index (χ2v) is 3.20. The van der Waals surface area contributed by atoms with Crippen molar-refractivity contribution in [2.75, 3.05) is 6.61 Å². The Hall–Kier alpha value is -2.09. The van der Waals surface area contributed by atoms with Gasteiger partial charge in [0.15, 0.2) is 5.75 Å². The second kappa shape index (κ2) is 5.71. The lowest BCUT2D eigenvalue weighted by Gasteiger charge is -2.07. The van der Waals surface area contributed by atoms with Crippen molar-refractivity contribution in [3.05, 3.63) is 33.9 Å². The fraction of sp³-hybridized carbons (Fsp3) is 0.364. The standard InChI is InChI=1S/C11H12N2O3/c1-2-8-16-10-5-3-4-9(6-7-12)11(10)13(14)15/h3-5H,2,6,8H2,1H3. The molecular weight excluding hydrogens is 208 g/mol. The van der Waals surface area contributed by atoms with E-state index in [-0.39, 0.29) is 17.9 Å². The van der Waals surface area contributed by atoms with E-state index in [1.807, 2.05) is 13.0 Å². The van der Waals surface area contributed by atoms with Crippen molar-refractivity contribution in [2.24, 2.45) is 0 Å². The first-order chi connectivity index (χ1) is 7.70. The van der Waals surface area contributed by atoms with Gasteiger partial charge in [0.1, 0.15) is 0 Å². The normalized spacial score (nSPS) is 9.50. The average Bonchev–Trinajstić information content (AvgIpc) is 2.26. The van der Waals surface area contributed by atoms with Gasteiger partial charge in [0.2, 0.25) is 0 Å². The van der Waals surface area contributed by atoms with Crippen LogP contribution in [0.25, 0.3) is 0 Å². The van der Waals surface area contributed by atoms with Gasteiger partial charge in [-0.05, 0) is 12.5 Å². The monoisotopic (exact) mass is 220 g/mol. The lowest BCUT2D eigenvalue weighted by Crippen LogP contribution is -2.02. The van der Waals surface area contributed by atoms with Gasteiger partial charge in [0.25, 0.3) is 0 Å². The molecule has 1 rings (SSSR count). The molecular formula is C11H12N2O3. The fourth-order valence-corrected chi connectivity index (χ4v) is 1.33. The van der Waals surface area contributed by atoms with Gasteiger partial charge in [-0.25, -0.2) is 0 Å². The minimum absolute atomic E-state index is 0.0135. The predicted molar refractivity (Wildman–Crippen MR) is 58.2 cm³/mol. The molecule has 0 atom stereocenters. The molecule has 0 aromatic heterocycles. The van der Waals surface area contributed by atoms with E-state index in [1.54, 1.807) is 18.2 Å². The Kier molecular flexibility index (Phi) is 4.28. The van der Waals surface area contributed by atoms with E-state index in [9.17, 15) is 10.1 Å². The zero-order valence-corrected chi connectivity index (χ0v) is 8.97. The Balaban J connectivity index is 3.12. The maximum Gasteiger partial charge on any atom is 0.315 e. The molecule has 1 aromatic carbocycles. The molecule has 0 unspecified atom stereocenters. The first-order valence-corrected chi connectivity index (χ1v) is 4.96. The SMILES string of the molecule is CCCOc1cccc(CC#N)c1[N+](=O)[O-]. The summed E-state index contributed by atoms with van der Waals surface area (Å²) in [6, 6.07) is 6.68. The number of nitro groups is 1. The molecule has 0 spiro atoms. The highest BCUT2D eigenvalue weighted by atomic mass is 16.6. The third kappa shape index (κ3) is 2.70. The zero-order chi connectivity index (χ0) is 12.0. The summed E-state index contributed by atoms with van der Waals surface area (Å²) < 4.78 is 5.28. The molecule has 0 aliphatic carbocycles. The van der Waals surface area contributed by atoms with Crippen molar-refractivity contribution in [3.8, 4) is 11.8 Å². The maximum atomic E-state index is 10.9. The van der Waals surface area contributed by atoms with Crippen LogP contribution in [0.4, 0.5) is 5.69 Å². The van der Waals surface area contributed by atoms with Gasteiger partial charge in [-0.2, -0.15) is 5.26 Å². The Morgan fingerprint density at radius 3 is 2.88 bits per heavy atom. The quantitative estimate of drug-likeness (QED) is 0.564. The van der Waals surface area contributed by atoms with Crippen LogP contribution in [0, 0.1) is 21.4 Å². The van der Waals surface area contributed by atoms with Crippen LogP contribution in [0.1, 0.15) is 18.9 Å². The fourth-order valence-electron chi connectivity index (χ4n) is 1.33. The van der Waals surface area contributed by atoms with Gasteiger partial charge in [0, 0.05) is 5.56 Å². The van der Waals surface area contributed by atoms with Crippen molar-refractivity contribution >= 4 is 5.69 Å². The van der Waals surface area contributed by atoms with E-state index < -0.39 is 4.92 Å². The molecule has 0 aliphatic rings. The number of ether oxygens (including phenoxy) is 1. The molecule has 84 valence electrons. The average molecular weight is 220 g/mol. The molecule has 0 saturated carbocycles. The minimum Gasteiger partial charge on any atom is -0.487 e. The summed E-state index contributed by atoms with van der Waals surface area (Å²) in [6.07, 6.45) is 0.791. The van der Waals surface area contributed by atoms with Crippen LogP contribution in [0.2, 0.25) is 0 Å². The lowest BCUT2D eigenvalue weighted by atomic mass is 10.1. The molecule has 0 N–H and O–H groups in total. The number of benzene rings is 1. The van der Waals surface area contributed by atoms with Crippen LogP contribution in [0.3, 0.4) is 0 Å². The van der Waals surface area contributed by atoms with Crippen molar-refractivity contribution in [2.45, 2.75) is 19.8 Å². The molecule has 5 nitrogen and oxygen atoms in total. The van der Waals surface area contributed by atoms with Crippen LogP contribution in [0.15, 0.2) is 18.2 Å². The molecule has 0 heterocycles. The number of nitrogens with zero attached hydrogens (tertiary/aromatic N) is 2. The van der Waals surface area contributed by atoms with E-state index >= 15 is 0 Å². The number of nitriles is 1. The van der Waals surface area contributed by atoms with Crippen molar-refractivity contribution in [3.63, 3.8) is 0 Å². The third-order valence-electron chi connectivity index (χ3n) is 2.00. The molecule has 0 amide bonds. The van der Waals surface area contributed by atoms with Gasteiger partial charge >= 0.3 is 5.69 Å². The highest BCUT2D eigenvalue weighted by Gasteiger charge is 2.20. The summed E-state index contributed by atoms with van der Waals surface area (Å²) in [5.74, 6) is 0.236. The van der Waals surface area contributed by atoms with Gasteiger partial charge in [-0.15, -0.1) is 0 Å². The molecule has 0 aliphatic heterocycles. The second-order valence-electron chi connectivity index (χ2n) is 3.20. The lowest BCUT2D eigenvalue weighted by molar-refractivity contribution is -0.386. The topological polar surface area (TPSA) is 76.2 Å². The van der Waals surface area contributed by atoms with Crippen molar-refractivity contribution in [1.82, 2.24) is 0 Å². The van der Waals surface area contributed by atoms with E-state index in [4.69, 9.17) is 10.00 Å². The maximum absolute atomic E-state index is 10.9. The molecule has 0 radical (unpaired) electrons. The first-order valence-electron chi connectivity index (χ1n) is 4.96. The summed E-state index contributed by atoms with van der Waals surface area (Å²) in [5.41, 5.74) is 0.290. The Morgan fingerprint density at radius 2 is 2.31 bits per heavy atom. The molecule has 1 aromatic rings. The van der Waals surface area contributed by atoms with Gasteiger partial charge in [-0.1, -0.05) is 19.1 Å². The zero-order valence-electron chi connectivity index (χ0n) is 8.97. The number of hydrogen-bond acceptors (Lipinski definition) is 4. The molecule has 0 bridgehead atoms. The first kappa shape index (κ1) is 12.0. The summed E-state index contributed by atoms with van der Waals surface area (Å²) >= 11 is 0. The van der Waals surface area contributed by atoms with Crippen LogP contribution in [-0.4, -0.2) is 11.5 Å². The smallest absolute Gasteiger partial charge is 0.315 e. The molecule has 0 saturated heterocycles. The van der Waals surface area contributed by atoms with E-state index in [1.165, 1.54) is 0 Å². The highest BCUT2D eigenvalue weighted by molar-refractivity contribution is 5.53. The predicted octanol–water partition coefficient (Wildman–Crippen LogP) is 2.45. The van der Waals surface area contributed by atoms with Crippen LogP contribution >= 0.6 is 0 Å². The minimum atomic E-state index is -0.502. The van der Waals surface area contributed by atoms with Crippen molar-refractivity contribution in [1.29, 1.82) is 5.26 Å².